The van der Waals surface area contributed by atoms with Gasteiger partial charge in [-0.15, -0.1) is 10.2 Å². The summed E-state index contributed by atoms with van der Waals surface area (Å²) in [6, 6.07) is 5.70. The van der Waals surface area contributed by atoms with Crippen LogP contribution < -0.4 is 0 Å². The fourth-order valence-electron chi connectivity index (χ4n) is 3.61. The molecule has 9 heteroatoms. The number of carbonyl (C=O) groups is 1. The van der Waals surface area contributed by atoms with Crippen LogP contribution in [0.2, 0.25) is 0 Å². The van der Waals surface area contributed by atoms with Gasteiger partial charge in [0.1, 0.15) is 11.0 Å². The first-order valence-corrected chi connectivity index (χ1v) is 9.51. The number of aromatic nitrogens is 6. The highest BCUT2D eigenvalue weighted by Gasteiger charge is 2.37. The van der Waals surface area contributed by atoms with Crippen LogP contribution in [0.25, 0.3) is 5.52 Å². The zero-order chi connectivity index (χ0) is 18.5. The van der Waals surface area contributed by atoms with Gasteiger partial charge in [0.2, 0.25) is 5.01 Å². The number of fused-ring (bicyclic) bond motifs is 2. The maximum absolute atomic E-state index is 13.2. The molecule has 0 bridgehead atoms. The van der Waals surface area contributed by atoms with Crippen molar-refractivity contribution in [2.24, 2.45) is 0 Å². The monoisotopic (exact) mass is 379 g/mol. The van der Waals surface area contributed by atoms with Crippen LogP contribution in [0.3, 0.4) is 0 Å². The van der Waals surface area contributed by atoms with E-state index in [1.54, 1.807) is 11.2 Å². The minimum absolute atomic E-state index is 0.131. The van der Waals surface area contributed by atoms with Gasteiger partial charge in [-0.05, 0) is 31.5 Å². The Morgan fingerprint density at radius 3 is 3.00 bits per heavy atom. The molecule has 27 heavy (non-hydrogen) atoms. The van der Waals surface area contributed by atoms with Crippen molar-refractivity contribution in [1.29, 1.82) is 0 Å². The van der Waals surface area contributed by atoms with Gasteiger partial charge in [0.15, 0.2) is 0 Å². The first kappa shape index (κ1) is 16.1. The highest BCUT2D eigenvalue weighted by Crippen LogP contribution is 2.34. The summed E-state index contributed by atoms with van der Waals surface area (Å²) in [6.07, 6.45) is 4.32. The SMILES string of the molecule is Cc1nnc(C(=O)N2CCc3[nH]cnc3[C@@H]2c2cc3c(C)cccn3n2)s1. The summed E-state index contributed by atoms with van der Waals surface area (Å²) in [7, 11) is 0. The molecule has 136 valence electrons. The normalized spacial score (nSPS) is 16.7. The van der Waals surface area contributed by atoms with Gasteiger partial charge < -0.3 is 9.88 Å². The van der Waals surface area contributed by atoms with Crippen LogP contribution >= 0.6 is 11.3 Å². The molecule has 1 atom stereocenters. The zero-order valence-electron chi connectivity index (χ0n) is 14.9. The third kappa shape index (κ3) is 2.54. The third-order valence-corrected chi connectivity index (χ3v) is 5.73. The highest BCUT2D eigenvalue weighted by atomic mass is 32.1. The number of hydrogen-bond donors (Lipinski definition) is 1. The van der Waals surface area contributed by atoms with Crippen molar-refractivity contribution in [2.45, 2.75) is 26.3 Å². The standard InChI is InChI=1S/C18H17N7OS/c1-10-4-3-6-25-14(10)8-13(23-25)16-15-12(19-9-20-15)5-7-24(16)18(26)17-22-21-11(2)27-17/h3-4,6,8-9,16H,5,7H2,1-2H3,(H,19,20)/t16-/m0/s1. The third-order valence-electron chi connectivity index (χ3n) is 4.91. The van der Waals surface area contributed by atoms with Crippen molar-refractivity contribution >= 4 is 22.8 Å². The Hall–Kier alpha value is -3.07. The second-order valence-electron chi connectivity index (χ2n) is 6.63. The van der Waals surface area contributed by atoms with Crippen molar-refractivity contribution in [3.63, 3.8) is 0 Å². The minimum Gasteiger partial charge on any atom is -0.348 e. The Balaban J connectivity index is 1.64. The summed E-state index contributed by atoms with van der Waals surface area (Å²) in [6.45, 7) is 4.47. The van der Waals surface area contributed by atoms with Crippen molar-refractivity contribution < 1.29 is 4.79 Å². The maximum atomic E-state index is 13.2. The molecular weight excluding hydrogens is 362 g/mol. The fraction of sp³-hybridized carbons (Fsp3) is 0.278. The average Bonchev–Trinajstić information content (AvgIpc) is 3.39. The number of aromatic amines is 1. The molecular formula is C18H17N7OS. The lowest BCUT2D eigenvalue weighted by Crippen LogP contribution is -2.41. The lowest BCUT2D eigenvalue weighted by molar-refractivity contribution is 0.0685. The molecule has 0 aromatic carbocycles. The summed E-state index contributed by atoms with van der Waals surface area (Å²) in [4.78, 5) is 22.7. The van der Waals surface area contributed by atoms with Gasteiger partial charge in [0.05, 0.1) is 23.2 Å². The Bertz CT molecular complexity index is 1160. The molecule has 1 aliphatic rings. The van der Waals surface area contributed by atoms with Crippen LogP contribution in [0.15, 0.2) is 30.7 Å². The lowest BCUT2D eigenvalue weighted by Gasteiger charge is -2.33. The van der Waals surface area contributed by atoms with Gasteiger partial charge in [-0.1, -0.05) is 17.4 Å². The van der Waals surface area contributed by atoms with Crippen LogP contribution in [0.1, 0.15) is 43.5 Å². The van der Waals surface area contributed by atoms with E-state index in [1.807, 2.05) is 29.8 Å². The average molecular weight is 379 g/mol. The molecule has 0 fully saturated rings. The molecule has 1 amide bonds. The van der Waals surface area contributed by atoms with E-state index < -0.39 is 0 Å². The van der Waals surface area contributed by atoms with E-state index in [4.69, 9.17) is 5.10 Å². The van der Waals surface area contributed by atoms with Gasteiger partial charge in [0, 0.05) is 24.9 Å². The Kier molecular flexibility index (Phi) is 3.57. The molecule has 0 spiro atoms. The summed E-state index contributed by atoms with van der Waals surface area (Å²) in [5, 5.41) is 14.0. The van der Waals surface area contributed by atoms with E-state index in [0.29, 0.717) is 11.6 Å². The van der Waals surface area contributed by atoms with Crippen molar-refractivity contribution in [1.82, 2.24) is 34.7 Å². The molecule has 0 saturated heterocycles. The Labute approximate surface area is 158 Å². The first-order valence-electron chi connectivity index (χ1n) is 8.70. The van der Waals surface area contributed by atoms with Crippen molar-refractivity contribution in [3.8, 4) is 0 Å². The summed E-state index contributed by atoms with van der Waals surface area (Å²) in [5.41, 5.74) is 4.84. The van der Waals surface area contributed by atoms with E-state index in [-0.39, 0.29) is 11.9 Å². The fourth-order valence-corrected chi connectivity index (χ4v) is 4.26. The number of nitrogens with one attached hydrogen (secondary N) is 1. The van der Waals surface area contributed by atoms with E-state index in [2.05, 4.69) is 33.2 Å². The smallest absolute Gasteiger partial charge is 0.285 e. The quantitative estimate of drug-likeness (QED) is 0.577. The van der Waals surface area contributed by atoms with Gasteiger partial charge in [-0.25, -0.2) is 9.50 Å². The van der Waals surface area contributed by atoms with E-state index in [1.165, 1.54) is 11.3 Å². The second-order valence-corrected chi connectivity index (χ2v) is 7.82. The minimum atomic E-state index is -0.351. The van der Waals surface area contributed by atoms with Crippen LogP contribution in [0.5, 0.6) is 0 Å². The predicted octanol–water partition coefficient (Wildman–Crippen LogP) is 2.31. The summed E-state index contributed by atoms with van der Waals surface area (Å²) >= 11 is 1.31. The molecule has 0 radical (unpaired) electrons. The van der Waals surface area contributed by atoms with E-state index >= 15 is 0 Å². The van der Waals surface area contributed by atoms with E-state index in [0.717, 1.165) is 39.6 Å². The highest BCUT2D eigenvalue weighted by molar-refractivity contribution is 7.13. The van der Waals surface area contributed by atoms with Crippen LogP contribution in [0, 0.1) is 13.8 Å². The van der Waals surface area contributed by atoms with Gasteiger partial charge >= 0.3 is 0 Å². The Morgan fingerprint density at radius 2 is 2.22 bits per heavy atom. The molecule has 5 heterocycles. The topological polar surface area (TPSA) is 92.1 Å². The predicted molar refractivity (Wildman–Crippen MR) is 99.7 cm³/mol. The van der Waals surface area contributed by atoms with Crippen LogP contribution in [0.4, 0.5) is 0 Å². The summed E-state index contributed by atoms with van der Waals surface area (Å²) in [5.74, 6) is -0.131. The number of H-pyrrole nitrogens is 1. The maximum Gasteiger partial charge on any atom is 0.285 e. The lowest BCUT2D eigenvalue weighted by atomic mass is 9.99. The number of amides is 1. The molecule has 1 aliphatic heterocycles. The number of aryl methyl sites for hydroxylation is 2. The molecule has 5 rings (SSSR count). The van der Waals surface area contributed by atoms with E-state index in [9.17, 15) is 4.79 Å². The van der Waals surface area contributed by atoms with Crippen molar-refractivity contribution in [2.75, 3.05) is 6.54 Å². The molecule has 0 unspecified atom stereocenters. The molecule has 8 nitrogen and oxygen atoms in total. The van der Waals surface area contributed by atoms with Crippen LogP contribution in [-0.4, -0.2) is 47.1 Å². The number of hydrogen-bond acceptors (Lipinski definition) is 6. The largest absolute Gasteiger partial charge is 0.348 e. The Morgan fingerprint density at radius 1 is 1.33 bits per heavy atom. The number of imidazole rings is 1. The van der Waals surface area contributed by atoms with Crippen LogP contribution in [-0.2, 0) is 6.42 Å². The molecule has 0 saturated carbocycles. The number of rotatable bonds is 2. The number of pyridine rings is 1. The number of nitrogens with zero attached hydrogens (tertiary/aromatic N) is 6. The molecule has 4 aromatic heterocycles. The second kappa shape index (κ2) is 5.98. The van der Waals surface area contributed by atoms with Crippen molar-refractivity contribution in [3.05, 3.63) is 63.4 Å². The zero-order valence-corrected chi connectivity index (χ0v) is 15.7. The van der Waals surface area contributed by atoms with Gasteiger partial charge in [-0.3, -0.25) is 4.79 Å². The van der Waals surface area contributed by atoms with Gasteiger partial charge in [0.25, 0.3) is 5.91 Å². The number of carbonyl (C=O) groups excluding carboxylic acids is 1. The molecule has 0 aliphatic carbocycles. The molecule has 1 N–H and O–H groups in total. The molecule has 4 aromatic rings. The van der Waals surface area contributed by atoms with Gasteiger partial charge in [-0.2, -0.15) is 5.10 Å². The summed E-state index contributed by atoms with van der Waals surface area (Å²) < 4.78 is 1.85. The first-order chi connectivity index (χ1) is 13.1.